The fourth-order valence-electron chi connectivity index (χ4n) is 1.73. The predicted molar refractivity (Wildman–Crippen MR) is 85.4 cm³/mol. The number of nitrogens with one attached hydrogen (secondary N) is 2. The number of carboxylic acids is 1. The molecule has 1 saturated heterocycles. The van der Waals surface area contributed by atoms with Crippen LogP contribution in [0.25, 0.3) is 0 Å². The van der Waals surface area contributed by atoms with Crippen molar-refractivity contribution in [3.05, 3.63) is 11.1 Å². The summed E-state index contributed by atoms with van der Waals surface area (Å²) < 4.78 is 0. The minimum absolute atomic E-state index is 0.128. The molecule has 5 N–H and O–H groups in total. The Balaban J connectivity index is 2.24. The van der Waals surface area contributed by atoms with Gasteiger partial charge in [0.2, 0.25) is 11.5 Å². The Hall–Kier alpha value is -2.69. The summed E-state index contributed by atoms with van der Waals surface area (Å²) in [6, 6.07) is -0.925. The summed E-state index contributed by atoms with van der Waals surface area (Å²) in [7, 11) is 0. The number of carboxylic acid groups (broad SMARTS) is 1. The molecule has 0 spiro atoms. The van der Waals surface area contributed by atoms with E-state index < -0.39 is 23.5 Å². The molecule has 0 aromatic carbocycles. The third-order valence-electron chi connectivity index (χ3n) is 3.30. The van der Waals surface area contributed by atoms with Gasteiger partial charge in [-0.1, -0.05) is 5.16 Å². The molecular weight excluding hydrogens is 338 g/mol. The highest BCUT2D eigenvalue weighted by Crippen LogP contribution is 2.15. The van der Waals surface area contributed by atoms with Gasteiger partial charge in [-0.15, -0.1) is 11.3 Å². The maximum absolute atomic E-state index is 12.4. The molecule has 1 fully saturated rings. The highest BCUT2D eigenvalue weighted by molar-refractivity contribution is 7.13. The van der Waals surface area contributed by atoms with Crippen LogP contribution in [0, 0.1) is 0 Å². The Morgan fingerprint density at radius 1 is 1.54 bits per heavy atom. The Bertz CT molecular complexity index is 713. The van der Waals surface area contributed by atoms with Crippen molar-refractivity contribution in [1.29, 1.82) is 0 Å². The summed E-state index contributed by atoms with van der Waals surface area (Å²) in [4.78, 5) is 43.8. The lowest BCUT2D eigenvalue weighted by Gasteiger charge is -2.34. The molecule has 1 aromatic heterocycles. The van der Waals surface area contributed by atoms with Gasteiger partial charge < -0.3 is 26.3 Å². The number of nitrogens with two attached hydrogens (primary N) is 1. The lowest BCUT2D eigenvalue weighted by atomic mass is 10.0. The number of oxime groups is 1. The molecule has 130 valence electrons. The van der Waals surface area contributed by atoms with Crippen molar-refractivity contribution in [2.75, 3.05) is 5.73 Å². The topological polar surface area (TPSA) is 156 Å². The van der Waals surface area contributed by atoms with Crippen molar-refractivity contribution < 1.29 is 24.3 Å². The molecule has 0 bridgehead atoms. The molecule has 10 nitrogen and oxygen atoms in total. The van der Waals surface area contributed by atoms with Crippen LogP contribution in [0.3, 0.4) is 0 Å². The molecule has 1 aliphatic heterocycles. The third-order valence-corrected chi connectivity index (χ3v) is 3.97. The Morgan fingerprint density at radius 2 is 2.21 bits per heavy atom. The van der Waals surface area contributed by atoms with E-state index >= 15 is 0 Å². The maximum atomic E-state index is 12.4. The summed E-state index contributed by atoms with van der Waals surface area (Å²) in [5.74, 6) is -2.29. The van der Waals surface area contributed by atoms with Gasteiger partial charge in [-0.25, -0.2) is 9.78 Å². The Kier molecular flexibility index (Phi) is 4.73. The first-order valence-electron chi connectivity index (χ1n) is 6.94. The van der Waals surface area contributed by atoms with Crippen molar-refractivity contribution in [3.63, 3.8) is 0 Å². The molecule has 2 heterocycles. The summed E-state index contributed by atoms with van der Waals surface area (Å²) in [5, 5.41) is 19.5. The Labute approximate surface area is 141 Å². The number of carbonyl (C=O) groups is 3. The van der Waals surface area contributed by atoms with Crippen molar-refractivity contribution in [1.82, 2.24) is 15.6 Å². The monoisotopic (exact) mass is 355 g/mol. The van der Waals surface area contributed by atoms with Gasteiger partial charge in [0.15, 0.2) is 10.8 Å². The Morgan fingerprint density at radius 3 is 2.67 bits per heavy atom. The second kappa shape index (κ2) is 6.43. The second-order valence-corrected chi connectivity index (χ2v) is 6.56. The summed E-state index contributed by atoms with van der Waals surface area (Å²) in [6.07, 6.45) is 0. The molecule has 0 saturated carbocycles. The standard InChI is InChI=1S/C13H17N5O5S/c1-5-7(9(19)15-5)17-10(20)8(6-4-24-12(14)16-6)18-23-13(2,3)11(21)22/h4-5,7H,1-3H3,(H2,14,16)(H,15,19)(H,17,20)(H,21,22)/t5-,7-/m0/s1. The minimum Gasteiger partial charge on any atom is -0.478 e. The SMILES string of the molecule is C[C@@H]1NC(=O)[C@H]1NC(=O)C(=NOC(C)(C)C(=O)O)c1csc(N)n1. The molecule has 1 aliphatic rings. The maximum Gasteiger partial charge on any atom is 0.350 e. The average Bonchev–Trinajstić information content (AvgIpc) is 2.91. The van der Waals surface area contributed by atoms with Crippen LogP contribution in [-0.2, 0) is 19.2 Å². The van der Waals surface area contributed by atoms with E-state index in [9.17, 15) is 14.4 Å². The molecule has 2 atom stereocenters. The fraction of sp³-hybridized carbons (Fsp3) is 0.462. The lowest BCUT2D eigenvalue weighted by molar-refractivity contribution is -0.161. The lowest BCUT2D eigenvalue weighted by Crippen LogP contribution is -2.68. The predicted octanol–water partition coefficient (Wildman–Crippen LogP) is -0.688. The number of nitrogens with zero attached hydrogens (tertiary/aromatic N) is 2. The molecular formula is C13H17N5O5S. The van der Waals surface area contributed by atoms with E-state index in [-0.39, 0.29) is 28.5 Å². The summed E-state index contributed by atoms with van der Waals surface area (Å²) >= 11 is 1.08. The molecule has 0 unspecified atom stereocenters. The van der Waals surface area contributed by atoms with Gasteiger partial charge in [0.25, 0.3) is 5.91 Å². The zero-order valence-corrected chi connectivity index (χ0v) is 14.0. The van der Waals surface area contributed by atoms with Crippen LogP contribution in [-0.4, -0.2) is 51.3 Å². The number of carbonyl (C=O) groups excluding carboxylic acids is 2. The van der Waals surface area contributed by atoms with Gasteiger partial charge in [0.1, 0.15) is 11.7 Å². The number of anilines is 1. The second-order valence-electron chi connectivity index (χ2n) is 5.67. The summed E-state index contributed by atoms with van der Waals surface area (Å²) in [5.41, 5.74) is 3.77. The molecule has 11 heteroatoms. The van der Waals surface area contributed by atoms with Crippen molar-refractivity contribution in [2.45, 2.75) is 38.5 Å². The molecule has 2 amide bonds. The van der Waals surface area contributed by atoms with Crippen LogP contribution in [0.1, 0.15) is 26.5 Å². The first-order valence-corrected chi connectivity index (χ1v) is 7.82. The fourth-order valence-corrected chi connectivity index (χ4v) is 2.28. The number of hydrogen-bond donors (Lipinski definition) is 4. The zero-order valence-electron chi connectivity index (χ0n) is 13.2. The number of hydrogen-bond acceptors (Lipinski definition) is 8. The van der Waals surface area contributed by atoms with Gasteiger partial charge in [-0.3, -0.25) is 9.59 Å². The van der Waals surface area contributed by atoms with Crippen LogP contribution >= 0.6 is 11.3 Å². The molecule has 2 rings (SSSR count). The highest BCUT2D eigenvalue weighted by atomic mass is 32.1. The number of thiazole rings is 1. The quantitative estimate of drug-likeness (QED) is 0.299. The van der Waals surface area contributed by atoms with Gasteiger partial charge >= 0.3 is 5.97 Å². The first-order chi connectivity index (χ1) is 11.1. The van der Waals surface area contributed by atoms with Gasteiger partial charge in [-0.05, 0) is 20.8 Å². The van der Waals surface area contributed by atoms with Crippen molar-refractivity contribution >= 4 is 40.0 Å². The highest BCUT2D eigenvalue weighted by Gasteiger charge is 2.38. The molecule has 24 heavy (non-hydrogen) atoms. The van der Waals surface area contributed by atoms with E-state index in [2.05, 4.69) is 20.8 Å². The van der Waals surface area contributed by atoms with E-state index in [0.717, 1.165) is 11.3 Å². The number of aliphatic carboxylic acids is 1. The summed E-state index contributed by atoms with van der Waals surface area (Å²) in [6.45, 7) is 4.30. The van der Waals surface area contributed by atoms with E-state index in [1.807, 2.05) is 0 Å². The average molecular weight is 355 g/mol. The molecule has 0 aliphatic carbocycles. The first kappa shape index (κ1) is 17.7. The van der Waals surface area contributed by atoms with E-state index in [0.29, 0.717) is 0 Å². The number of rotatable bonds is 6. The van der Waals surface area contributed by atoms with Gasteiger partial charge in [-0.2, -0.15) is 0 Å². The van der Waals surface area contributed by atoms with Crippen LogP contribution in [0.2, 0.25) is 0 Å². The number of β-lactam (4-membered cyclic amide) rings is 1. The minimum atomic E-state index is -1.64. The van der Waals surface area contributed by atoms with Crippen molar-refractivity contribution in [2.24, 2.45) is 5.16 Å². The number of aromatic nitrogens is 1. The van der Waals surface area contributed by atoms with Gasteiger partial charge in [0.05, 0.1) is 6.04 Å². The van der Waals surface area contributed by atoms with Crippen LogP contribution in [0.5, 0.6) is 0 Å². The number of amides is 2. The van der Waals surface area contributed by atoms with E-state index in [1.54, 1.807) is 6.92 Å². The largest absolute Gasteiger partial charge is 0.478 e. The number of nitrogen functional groups attached to an aromatic ring is 1. The van der Waals surface area contributed by atoms with E-state index in [4.69, 9.17) is 15.7 Å². The molecule has 0 radical (unpaired) electrons. The van der Waals surface area contributed by atoms with Crippen LogP contribution < -0.4 is 16.4 Å². The van der Waals surface area contributed by atoms with E-state index in [1.165, 1.54) is 19.2 Å². The third kappa shape index (κ3) is 3.62. The smallest absolute Gasteiger partial charge is 0.350 e. The van der Waals surface area contributed by atoms with Crippen LogP contribution in [0.15, 0.2) is 10.5 Å². The van der Waals surface area contributed by atoms with Crippen LogP contribution in [0.4, 0.5) is 5.13 Å². The molecule has 1 aromatic rings. The van der Waals surface area contributed by atoms with Crippen molar-refractivity contribution in [3.8, 4) is 0 Å². The zero-order chi connectivity index (χ0) is 18.1. The van der Waals surface area contributed by atoms with Gasteiger partial charge in [0, 0.05) is 5.38 Å². The normalized spacial score (nSPS) is 20.8.